The van der Waals surface area contributed by atoms with Crippen LogP contribution in [0.15, 0.2) is 41.3 Å². The number of oxazole rings is 1. The third-order valence-electron chi connectivity index (χ3n) is 4.73. The van der Waals surface area contributed by atoms with Gasteiger partial charge in [0.2, 0.25) is 0 Å². The van der Waals surface area contributed by atoms with Crippen molar-refractivity contribution >= 4 is 18.3 Å². The number of hydrogen-bond acceptors (Lipinski definition) is 4. The first-order chi connectivity index (χ1) is 11.3. The number of rotatable bonds is 4. The second kappa shape index (κ2) is 7.36. The van der Waals surface area contributed by atoms with Gasteiger partial charge in [-0.05, 0) is 50.9 Å². The lowest BCUT2D eigenvalue weighted by Gasteiger charge is -2.35. The van der Waals surface area contributed by atoms with Crippen LogP contribution in [0.3, 0.4) is 0 Å². The standard InChI is InChI=1S/C18H21N3O2.ClH/c22-18(21(15-5-6-15)16-7-9-19-10-8-16)14-3-1-13(2-4-14)17-11-20-12-23-17;/h1-4,11-12,15-16,19H,5-10H2;1H. The molecule has 2 fully saturated rings. The van der Waals surface area contributed by atoms with E-state index in [4.69, 9.17) is 4.42 Å². The average molecular weight is 348 g/mol. The summed E-state index contributed by atoms with van der Waals surface area (Å²) in [6.07, 6.45) is 7.50. The Hall–Kier alpha value is -1.85. The van der Waals surface area contributed by atoms with Gasteiger partial charge in [-0.2, -0.15) is 0 Å². The molecule has 1 amide bonds. The summed E-state index contributed by atoms with van der Waals surface area (Å²) in [7, 11) is 0. The molecule has 0 bridgehead atoms. The van der Waals surface area contributed by atoms with E-state index in [0.29, 0.717) is 12.1 Å². The number of aromatic nitrogens is 1. The van der Waals surface area contributed by atoms with Crippen LogP contribution in [0.2, 0.25) is 0 Å². The van der Waals surface area contributed by atoms with Crippen molar-refractivity contribution in [2.75, 3.05) is 13.1 Å². The molecule has 1 aliphatic carbocycles. The van der Waals surface area contributed by atoms with Crippen molar-refractivity contribution in [1.29, 1.82) is 0 Å². The zero-order valence-electron chi connectivity index (χ0n) is 13.5. The van der Waals surface area contributed by atoms with E-state index in [1.165, 1.54) is 6.39 Å². The SMILES string of the molecule is Cl.O=C(c1ccc(-c2cnco2)cc1)N(C1CCNCC1)C1CC1. The molecule has 1 aromatic carbocycles. The molecule has 4 rings (SSSR count). The fourth-order valence-electron chi connectivity index (χ4n) is 3.35. The lowest BCUT2D eigenvalue weighted by atomic mass is 10.0. The number of nitrogens with zero attached hydrogens (tertiary/aromatic N) is 2. The Bertz CT molecular complexity index is 662. The quantitative estimate of drug-likeness (QED) is 0.923. The summed E-state index contributed by atoms with van der Waals surface area (Å²) in [5.74, 6) is 0.893. The van der Waals surface area contributed by atoms with Gasteiger partial charge in [0.15, 0.2) is 12.2 Å². The first-order valence-electron chi connectivity index (χ1n) is 8.35. The zero-order valence-corrected chi connectivity index (χ0v) is 14.3. The minimum Gasteiger partial charge on any atom is -0.444 e. The molecule has 128 valence electrons. The monoisotopic (exact) mass is 347 g/mol. The van der Waals surface area contributed by atoms with Gasteiger partial charge in [0.1, 0.15) is 0 Å². The number of halogens is 1. The summed E-state index contributed by atoms with van der Waals surface area (Å²) in [6, 6.07) is 8.49. The Morgan fingerprint density at radius 2 is 1.75 bits per heavy atom. The molecule has 6 heteroatoms. The summed E-state index contributed by atoms with van der Waals surface area (Å²) >= 11 is 0. The van der Waals surface area contributed by atoms with Crippen LogP contribution in [0.5, 0.6) is 0 Å². The van der Waals surface area contributed by atoms with Gasteiger partial charge in [0, 0.05) is 23.2 Å². The molecule has 0 atom stereocenters. The van der Waals surface area contributed by atoms with Gasteiger partial charge in [-0.3, -0.25) is 4.79 Å². The minimum atomic E-state index is 0. The third kappa shape index (κ3) is 3.47. The maximum absolute atomic E-state index is 13.0. The molecule has 5 nitrogen and oxygen atoms in total. The van der Waals surface area contributed by atoms with Gasteiger partial charge in [0.05, 0.1) is 6.20 Å². The van der Waals surface area contributed by atoms with Gasteiger partial charge in [-0.25, -0.2) is 4.98 Å². The van der Waals surface area contributed by atoms with E-state index >= 15 is 0 Å². The summed E-state index contributed by atoms with van der Waals surface area (Å²) in [5.41, 5.74) is 1.71. The summed E-state index contributed by atoms with van der Waals surface area (Å²) < 4.78 is 5.30. The smallest absolute Gasteiger partial charge is 0.254 e. The highest BCUT2D eigenvalue weighted by Gasteiger charge is 2.38. The molecule has 1 aliphatic heterocycles. The van der Waals surface area contributed by atoms with Crippen molar-refractivity contribution in [3.63, 3.8) is 0 Å². The maximum atomic E-state index is 13.0. The molecular formula is C18H22ClN3O2. The van der Waals surface area contributed by atoms with E-state index in [9.17, 15) is 4.79 Å². The molecule has 0 radical (unpaired) electrons. The van der Waals surface area contributed by atoms with Crippen LogP contribution >= 0.6 is 12.4 Å². The van der Waals surface area contributed by atoms with Crippen LogP contribution in [-0.2, 0) is 0 Å². The van der Waals surface area contributed by atoms with Crippen molar-refractivity contribution in [3.8, 4) is 11.3 Å². The first-order valence-corrected chi connectivity index (χ1v) is 8.35. The summed E-state index contributed by atoms with van der Waals surface area (Å²) in [6.45, 7) is 2.01. The molecule has 2 aromatic rings. The fraction of sp³-hybridized carbons (Fsp3) is 0.444. The Morgan fingerprint density at radius 3 is 2.33 bits per heavy atom. The number of piperidine rings is 1. The van der Waals surface area contributed by atoms with Crippen LogP contribution in [0, 0.1) is 0 Å². The summed E-state index contributed by atoms with van der Waals surface area (Å²) in [5, 5.41) is 3.38. The van der Waals surface area contributed by atoms with Crippen LogP contribution in [0.4, 0.5) is 0 Å². The Kier molecular flexibility index (Phi) is 5.21. The Morgan fingerprint density at radius 1 is 1.08 bits per heavy atom. The highest BCUT2D eigenvalue weighted by Crippen LogP contribution is 2.32. The molecule has 1 N–H and O–H groups in total. The number of carbonyl (C=O) groups excluding carboxylic acids is 1. The van der Waals surface area contributed by atoms with Gasteiger partial charge in [0.25, 0.3) is 5.91 Å². The van der Waals surface area contributed by atoms with Crippen LogP contribution in [-0.4, -0.2) is 41.0 Å². The van der Waals surface area contributed by atoms with E-state index in [-0.39, 0.29) is 18.3 Å². The molecular weight excluding hydrogens is 326 g/mol. The van der Waals surface area contributed by atoms with Crippen LogP contribution in [0.25, 0.3) is 11.3 Å². The fourth-order valence-corrected chi connectivity index (χ4v) is 3.35. The number of benzene rings is 1. The van der Waals surface area contributed by atoms with Gasteiger partial charge < -0.3 is 14.6 Å². The molecule has 0 unspecified atom stereocenters. The number of hydrogen-bond donors (Lipinski definition) is 1. The first kappa shape index (κ1) is 17.0. The average Bonchev–Trinajstić information content (AvgIpc) is 3.28. The second-order valence-corrected chi connectivity index (χ2v) is 6.37. The van der Waals surface area contributed by atoms with Crippen molar-refractivity contribution < 1.29 is 9.21 Å². The van der Waals surface area contributed by atoms with Crippen molar-refractivity contribution in [1.82, 2.24) is 15.2 Å². The topological polar surface area (TPSA) is 58.4 Å². The van der Waals surface area contributed by atoms with Crippen LogP contribution < -0.4 is 5.32 Å². The number of carbonyl (C=O) groups is 1. The van der Waals surface area contributed by atoms with Crippen molar-refractivity contribution in [2.24, 2.45) is 0 Å². The van der Waals surface area contributed by atoms with Gasteiger partial charge in [-0.15, -0.1) is 12.4 Å². The molecule has 1 saturated heterocycles. The molecule has 0 spiro atoms. The summed E-state index contributed by atoms with van der Waals surface area (Å²) in [4.78, 5) is 19.1. The highest BCUT2D eigenvalue weighted by atomic mass is 35.5. The van der Waals surface area contributed by atoms with E-state index in [2.05, 4.69) is 15.2 Å². The highest BCUT2D eigenvalue weighted by molar-refractivity contribution is 5.95. The predicted octanol–water partition coefficient (Wildman–Crippen LogP) is 3.12. The molecule has 2 heterocycles. The van der Waals surface area contributed by atoms with Gasteiger partial charge >= 0.3 is 0 Å². The van der Waals surface area contributed by atoms with E-state index in [1.807, 2.05) is 24.3 Å². The lowest BCUT2D eigenvalue weighted by molar-refractivity contribution is 0.0623. The predicted molar refractivity (Wildman–Crippen MR) is 94.3 cm³/mol. The molecule has 1 aromatic heterocycles. The normalized spacial score (nSPS) is 18.0. The van der Waals surface area contributed by atoms with E-state index in [0.717, 1.165) is 55.7 Å². The Balaban J connectivity index is 0.00000169. The van der Waals surface area contributed by atoms with E-state index in [1.54, 1.807) is 6.20 Å². The maximum Gasteiger partial charge on any atom is 0.254 e. The number of amides is 1. The Labute approximate surface area is 147 Å². The lowest BCUT2D eigenvalue weighted by Crippen LogP contribution is -2.47. The van der Waals surface area contributed by atoms with E-state index < -0.39 is 0 Å². The van der Waals surface area contributed by atoms with Crippen molar-refractivity contribution in [3.05, 3.63) is 42.4 Å². The molecule has 24 heavy (non-hydrogen) atoms. The minimum absolute atomic E-state index is 0. The van der Waals surface area contributed by atoms with Crippen LogP contribution in [0.1, 0.15) is 36.0 Å². The van der Waals surface area contributed by atoms with Crippen molar-refractivity contribution in [2.45, 2.75) is 37.8 Å². The third-order valence-corrected chi connectivity index (χ3v) is 4.73. The zero-order chi connectivity index (χ0) is 15.6. The molecule has 2 aliphatic rings. The largest absolute Gasteiger partial charge is 0.444 e. The van der Waals surface area contributed by atoms with Gasteiger partial charge in [-0.1, -0.05) is 12.1 Å². The second-order valence-electron chi connectivity index (χ2n) is 6.37. The molecule has 1 saturated carbocycles. The number of nitrogens with one attached hydrogen (secondary N) is 1.